The van der Waals surface area contributed by atoms with Crippen LogP contribution in [0.5, 0.6) is 0 Å². The van der Waals surface area contributed by atoms with Gasteiger partial charge in [-0.3, -0.25) is 14.4 Å². The Hall–Kier alpha value is -3.96. The first-order chi connectivity index (χ1) is 22.4. The number of rotatable bonds is 14. The number of ketones is 2. The zero-order valence-electron chi connectivity index (χ0n) is 26.6. The number of ether oxygens (including phenoxy) is 2. The molecular formula is C31H41FN2O14. The monoisotopic (exact) mass is 684 g/mol. The molecule has 0 aromatic carbocycles. The SMILES string of the molecule is C[C@]12C=CC(=O)CC1=CC[C@H]1[C@@H]3C[C@@H](O)[C@](O)(C(=O)COC(=O)OCC(NC(=O)CCCCCO[N+](=O)[O-])C(=O)O)[C@@]3(C)C[C@H](O)[C@@]12F. The van der Waals surface area contributed by atoms with E-state index >= 15 is 4.39 Å². The van der Waals surface area contributed by atoms with Crippen LogP contribution in [0, 0.1) is 32.8 Å². The van der Waals surface area contributed by atoms with Crippen LogP contribution in [0.1, 0.15) is 65.2 Å². The third kappa shape index (κ3) is 6.42. The number of halogens is 1. The lowest BCUT2D eigenvalue weighted by Gasteiger charge is -2.61. The summed E-state index contributed by atoms with van der Waals surface area (Å²) in [7, 11) is 0. The second kappa shape index (κ2) is 13.9. The molecule has 4 rings (SSSR count). The van der Waals surface area contributed by atoms with Crippen LogP contribution in [0.15, 0.2) is 23.8 Å². The molecule has 0 bridgehead atoms. The molecule has 16 nitrogen and oxygen atoms in total. The lowest BCUT2D eigenvalue weighted by atomic mass is 9.45. The molecular weight excluding hydrogens is 643 g/mol. The first kappa shape index (κ1) is 36.9. The van der Waals surface area contributed by atoms with Gasteiger partial charge in [0.15, 0.2) is 29.7 Å². The number of hydrogen-bond acceptors (Lipinski definition) is 13. The number of alkyl halides is 1. The second-order valence-electron chi connectivity index (χ2n) is 13.4. The number of aliphatic hydroxyl groups excluding tert-OH is 2. The summed E-state index contributed by atoms with van der Waals surface area (Å²) in [6.07, 6.45) is -0.0900. The molecule has 9 atom stereocenters. The molecule has 4 aliphatic rings. The van der Waals surface area contributed by atoms with Crippen molar-refractivity contribution in [3.05, 3.63) is 33.9 Å². The fraction of sp³-hybridized carbons (Fsp3) is 0.710. The van der Waals surface area contributed by atoms with Crippen molar-refractivity contribution in [2.45, 2.75) is 94.7 Å². The number of nitrogens with one attached hydrogen (secondary N) is 1. The molecule has 1 unspecified atom stereocenters. The van der Waals surface area contributed by atoms with Crippen molar-refractivity contribution < 1.29 is 68.2 Å². The Morgan fingerprint density at radius 2 is 1.83 bits per heavy atom. The maximum absolute atomic E-state index is 17.2. The van der Waals surface area contributed by atoms with E-state index in [0.717, 1.165) is 0 Å². The minimum Gasteiger partial charge on any atom is -0.480 e. The first-order valence-corrected chi connectivity index (χ1v) is 15.7. The van der Waals surface area contributed by atoms with Crippen molar-refractivity contribution in [3.63, 3.8) is 0 Å². The average Bonchev–Trinajstić information content (AvgIpc) is 3.21. The largest absolute Gasteiger partial charge is 0.508 e. The number of fused-ring (bicyclic) bond motifs is 5. The van der Waals surface area contributed by atoms with E-state index in [1.54, 1.807) is 13.0 Å². The molecule has 2 fully saturated rings. The molecule has 266 valence electrons. The van der Waals surface area contributed by atoms with Gasteiger partial charge in [-0.15, -0.1) is 10.1 Å². The molecule has 48 heavy (non-hydrogen) atoms. The normalized spacial score (nSPS) is 35.6. The van der Waals surface area contributed by atoms with Crippen LogP contribution in [0.2, 0.25) is 0 Å². The van der Waals surface area contributed by atoms with Gasteiger partial charge in [0, 0.05) is 29.6 Å². The third-order valence-corrected chi connectivity index (χ3v) is 10.8. The Balaban J connectivity index is 1.34. The van der Waals surface area contributed by atoms with E-state index in [1.165, 1.54) is 19.1 Å². The smallest absolute Gasteiger partial charge is 0.480 e. The summed E-state index contributed by atoms with van der Waals surface area (Å²) in [6, 6.07) is -1.67. The summed E-state index contributed by atoms with van der Waals surface area (Å²) in [5.41, 5.74) is -7.16. The van der Waals surface area contributed by atoms with Gasteiger partial charge in [-0.25, -0.2) is 14.0 Å². The van der Waals surface area contributed by atoms with Crippen molar-refractivity contribution >= 4 is 29.6 Å². The lowest BCUT2D eigenvalue weighted by Crippen LogP contribution is -2.69. The Morgan fingerprint density at radius 1 is 1.12 bits per heavy atom. The number of allylic oxidation sites excluding steroid dienone is 4. The van der Waals surface area contributed by atoms with Crippen molar-refractivity contribution in [1.82, 2.24) is 5.32 Å². The van der Waals surface area contributed by atoms with E-state index in [2.05, 4.69) is 10.2 Å². The quantitative estimate of drug-likeness (QED) is 0.0566. The van der Waals surface area contributed by atoms with Gasteiger partial charge >= 0.3 is 12.1 Å². The standard InChI is InChI=1S/C31H41FN2O14/c1-28-10-9-18(35)12-17(28)7-8-19-20-13-22(36)31(43,29(20,2)14-23(37)30(19,28)32)24(38)16-47-27(42)46-15-21(26(40)41)33-25(39)6-4-3-5-11-48-34(44)45/h7,9-10,19-23,36-37,43H,3-6,8,11-16H2,1-2H3,(H,33,39)(H,40,41)/t19-,20-,21?,22+,23-,28-,29-,30-,31-/m0/s1. The number of unbranched alkanes of at least 4 members (excludes halogenated alkanes) is 2. The van der Waals surface area contributed by atoms with E-state index in [9.17, 15) is 54.5 Å². The van der Waals surface area contributed by atoms with Crippen LogP contribution < -0.4 is 5.32 Å². The number of aliphatic carboxylic acids is 1. The number of nitrogens with zero attached hydrogens (tertiary/aromatic N) is 1. The van der Waals surface area contributed by atoms with Crippen LogP contribution in [0.25, 0.3) is 0 Å². The van der Waals surface area contributed by atoms with E-state index in [-0.39, 0.29) is 44.5 Å². The van der Waals surface area contributed by atoms with Crippen LogP contribution in [-0.4, -0.2) is 104 Å². The number of carboxylic acids is 1. The van der Waals surface area contributed by atoms with Crippen LogP contribution in [0.3, 0.4) is 0 Å². The number of carboxylic acid groups (broad SMARTS) is 1. The van der Waals surface area contributed by atoms with E-state index in [1.807, 2.05) is 0 Å². The van der Waals surface area contributed by atoms with Gasteiger partial charge in [-0.2, -0.15) is 0 Å². The van der Waals surface area contributed by atoms with Gasteiger partial charge in [0.2, 0.25) is 11.7 Å². The van der Waals surface area contributed by atoms with Crippen LogP contribution in [-0.2, 0) is 33.5 Å². The van der Waals surface area contributed by atoms with E-state index in [0.29, 0.717) is 18.4 Å². The number of carbonyl (C=O) groups is 5. The van der Waals surface area contributed by atoms with Crippen molar-refractivity contribution in [3.8, 4) is 0 Å². The van der Waals surface area contributed by atoms with Crippen molar-refractivity contribution in [2.75, 3.05) is 19.8 Å². The van der Waals surface area contributed by atoms with Crippen molar-refractivity contribution in [1.29, 1.82) is 0 Å². The molecule has 0 radical (unpaired) electrons. The summed E-state index contributed by atoms with van der Waals surface area (Å²) in [5, 5.41) is 54.9. The fourth-order valence-electron chi connectivity index (χ4n) is 8.21. The average molecular weight is 685 g/mol. The summed E-state index contributed by atoms with van der Waals surface area (Å²) >= 11 is 0. The number of hydrogen-bond donors (Lipinski definition) is 5. The second-order valence-corrected chi connectivity index (χ2v) is 13.4. The lowest BCUT2D eigenvalue weighted by molar-refractivity contribution is -0.757. The van der Waals surface area contributed by atoms with Gasteiger partial charge in [0.25, 0.3) is 5.09 Å². The first-order valence-electron chi connectivity index (χ1n) is 15.7. The van der Waals surface area contributed by atoms with Crippen molar-refractivity contribution in [2.24, 2.45) is 22.7 Å². The molecule has 5 N–H and O–H groups in total. The molecule has 0 aromatic heterocycles. The minimum absolute atomic E-state index is 0.00366. The molecule has 17 heteroatoms. The molecule has 1 amide bonds. The Labute approximate surface area is 274 Å². The fourth-order valence-corrected chi connectivity index (χ4v) is 8.21. The third-order valence-electron chi connectivity index (χ3n) is 10.8. The summed E-state index contributed by atoms with van der Waals surface area (Å²) in [5.74, 6) is -5.29. The molecule has 4 aliphatic carbocycles. The predicted molar refractivity (Wildman–Crippen MR) is 158 cm³/mol. The van der Waals surface area contributed by atoms with Gasteiger partial charge in [0.1, 0.15) is 6.61 Å². The summed E-state index contributed by atoms with van der Waals surface area (Å²) in [6.45, 7) is 0.936. The molecule has 0 heterocycles. The molecule has 0 saturated heterocycles. The molecule has 2 saturated carbocycles. The predicted octanol–water partition coefficient (Wildman–Crippen LogP) is 1.12. The van der Waals surface area contributed by atoms with Crippen LogP contribution in [0.4, 0.5) is 9.18 Å². The number of Topliss-reactive ketones (excluding diaryl/α,β-unsaturated/α-hetero) is 1. The zero-order chi connectivity index (χ0) is 35.7. The molecule has 0 aromatic rings. The number of aliphatic hydroxyl groups is 3. The van der Waals surface area contributed by atoms with Crippen LogP contribution >= 0.6 is 0 Å². The summed E-state index contributed by atoms with van der Waals surface area (Å²) in [4.78, 5) is 75.7. The number of amides is 1. The summed E-state index contributed by atoms with van der Waals surface area (Å²) < 4.78 is 26.8. The molecule has 0 spiro atoms. The highest BCUT2D eigenvalue weighted by atomic mass is 19.1. The zero-order valence-corrected chi connectivity index (χ0v) is 26.6. The Morgan fingerprint density at radius 3 is 2.50 bits per heavy atom. The number of carbonyl (C=O) groups excluding carboxylic acids is 4. The Kier molecular flexibility index (Phi) is 10.7. The van der Waals surface area contributed by atoms with E-state index in [4.69, 9.17) is 9.47 Å². The van der Waals surface area contributed by atoms with E-state index < -0.39 is 101 Å². The highest BCUT2D eigenvalue weighted by Gasteiger charge is 2.76. The molecule has 0 aliphatic heterocycles. The van der Waals surface area contributed by atoms with Gasteiger partial charge < -0.3 is 40.1 Å². The maximum atomic E-state index is 17.2. The maximum Gasteiger partial charge on any atom is 0.508 e. The van der Waals surface area contributed by atoms with Gasteiger partial charge in [-0.1, -0.05) is 31.1 Å². The highest BCUT2D eigenvalue weighted by molar-refractivity contribution is 5.94. The highest BCUT2D eigenvalue weighted by Crippen LogP contribution is 2.69. The van der Waals surface area contributed by atoms with Gasteiger partial charge in [-0.05, 0) is 51.0 Å². The Bertz CT molecular complexity index is 1400. The van der Waals surface area contributed by atoms with Gasteiger partial charge in [0.05, 0.1) is 18.8 Å². The minimum atomic E-state index is -2.56. The topological polar surface area (TPSA) is 249 Å².